The van der Waals surface area contributed by atoms with Gasteiger partial charge in [0.15, 0.2) is 11.4 Å². The molecule has 1 unspecified atom stereocenters. The van der Waals surface area contributed by atoms with Crippen molar-refractivity contribution in [2.75, 3.05) is 57.7 Å². The molecule has 0 radical (unpaired) electrons. The Balaban J connectivity index is 1.14. The van der Waals surface area contributed by atoms with Crippen LogP contribution >= 0.6 is 11.6 Å². The number of carbonyl (C=O) groups is 2. The molecule has 3 amide bonds. The first kappa shape index (κ1) is 37.9. The number of rotatable bonds is 4. The summed E-state index contributed by atoms with van der Waals surface area (Å²) < 4.78 is 41.9. The van der Waals surface area contributed by atoms with E-state index in [4.69, 9.17) is 25.8 Å². The number of ether oxygens (including phenoxy) is 3. The summed E-state index contributed by atoms with van der Waals surface area (Å²) in [5, 5.41) is 4.88. The standard InChI is InChI=1S/C40H50ClN7O6S/c1-26-7-5-9-34(52-3)31-13-10-29(31)19-47-21-39(16-6-8-27-17-30(41)12-14-32(27)39)24-54-35-15-11-28(18-33(35)47)36(49)44-55(51,20-26)45-38(50)48-22-40(23-48,53-4)37-42-25-43-46(37)2/h5,9,11-12,14-15,17-18,25-26,29,31,34H,6-8,10,13,16,19-24H2,1-4H3,(H,44,45,49,50,51)/b9-5+/t26-,29-,31+,34-,39-,55?/m0/s1. The number of amides is 3. The van der Waals surface area contributed by atoms with Gasteiger partial charge in [-0.1, -0.05) is 36.7 Å². The van der Waals surface area contributed by atoms with E-state index in [9.17, 15) is 13.8 Å². The van der Waals surface area contributed by atoms with Crippen molar-refractivity contribution in [2.45, 2.75) is 62.6 Å². The molecule has 55 heavy (non-hydrogen) atoms. The summed E-state index contributed by atoms with van der Waals surface area (Å²) in [5.74, 6) is 1.13. The van der Waals surface area contributed by atoms with Crippen LogP contribution < -0.4 is 14.4 Å². The van der Waals surface area contributed by atoms with Crippen molar-refractivity contribution in [3.8, 4) is 5.75 Å². The number of halogens is 1. The molecule has 3 aliphatic heterocycles. The Bertz CT molecular complexity index is 2130. The summed E-state index contributed by atoms with van der Waals surface area (Å²) >= 11 is 6.47. The normalized spacial score (nSPS) is 30.7. The monoisotopic (exact) mass is 791 g/mol. The number of carbonyl (C=O) groups excluding carboxylic acids is 2. The van der Waals surface area contributed by atoms with Gasteiger partial charge in [-0.15, -0.1) is 4.36 Å². The molecule has 8 rings (SSSR count). The van der Waals surface area contributed by atoms with E-state index < -0.39 is 27.5 Å². The number of allylic oxidation sites excluding steroid dienone is 1. The molecule has 15 heteroatoms. The van der Waals surface area contributed by atoms with E-state index in [1.54, 1.807) is 32.0 Å². The Kier molecular flexibility index (Phi) is 10.2. The second-order valence-corrected chi connectivity index (χ2v) is 18.6. The fourth-order valence-corrected chi connectivity index (χ4v) is 11.4. The highest BCUT2D eigenvalue weighted by Gasteiger charge is 2.51. The smallest absolute Gasteiger partial charge is 0.330 e. The van der Waals surface area contributed by atoms with Crippen LogP contribution in [-0.2, 0) is 43.9 Å². The highest BCUT2D eigenvalue weighted by molar-refractivity contribution is 7.92. The minimum absolute atomic E-state index is 0.0167. The lowest BCUT2D eigenvalue weighted by Crippen LogP contribution is -2.65. The fraction of sp³-hybridized carbons (Fsp3) is 0.550. The predicted octanol–water partition coefficient (Wildman–Crippen LogP) is 5.67. The highest BCUT2D eigenvalue weighted by atomic mass is 35.5. The molecule has 294 valence electrons. The molecule has 1 saturated heterocycles. The van der Waals surface area contributed by atoms with Crippen molar-refractivity contribution in [1.82, 2.24) is 24.4 Å². The molecule has 1 spiro atoms. The number of methoxy groups -OCH3 is 2. The third-order valence-electron chi connectivity index (χ3n) is 12.5. The number of aryl methyl sites for hydroxylation is 2. The molecule has 2 bridgehead atoms. The second-order valence-electron chi connectivity index (χ2n) is 16.1. The molecule has 6 atom stereocenters. The lowest BCUT2D eigenvalue weighted by Gasteiger charge is -2.47. The number of benzene rings is 2. The molecular weight excluding hydrogens is 742 g/mol. The Morgan fingerprint density at radius 2 is 1.96 bits per heavy atom. The maximum atomic E-state index is 14.7. The topological polar surface area (TPSA) is 140 Å². The van der Waals surface area contributed by atoms with Crippen LogP contribution in [0.3, 0.4) is 0 Å². The number of aromatic nitrogens is 3. The molecule has 1 N–H and O–H groups in total. The van der Waals surface area contributed by atoms with Crippen molar-refractivity contribution < 1.29 is 28.0 Å². The Morgan fingerprint density at radius 1 is 1.13 bits per heavy atom. The lowest BCUT2D eigenvalue weighted by molar-refractivity contribution is -0.118. The van der Waals surface area contributed by atoms with Gasteiger partial charge in [0.1, 0.15) is 22.0 Å². The number of hydrogen-bond donors (Lipinski definition) is 1. The largest absolute Gasteiger partial charge is 0.490 e. The summed E-state index contributed by atoms with van der Waals surface area (Å²) in [4.78, 5) is 36.0. The van der Waals surface area contributed by atoms with Crippen molar-refractivity contribution in [2.24, 2.45) is 29.2 Å². The first-order valence-electron chi connectivity index (χ1n) is 19.2. The number of nitrogens with one attached hydrogen (secondary N) is 1. The van der Waals surface area contributed by atoms with Crippen molar-refractivity contribution in [3.05, 3.63) is 82.4 Å². The number of hydrogen-bond acceptors (Lipinski definition) is 9. The van der Waals surface area contributed by atoms with Gasteiger partial charge in [-0.05, 0) is 97.7 Å². The molecular formula is C40H50ClN7O6S. The number of anilines is 1. The SMILES string of the molecule is CO[C@H]1/C=C/C[C@H](C)CS(=O)(NC(=O)N2CC(OC)(c3ncnn3C)C2)=NC(=O)c2ccc3c(c2)N(C[C@@H]2CC[C@H]21)C[C@@]1(CCCc2cc(Cl)ccc21)CO3. The number of fused-ring (bicyclic) bond motifs is 4. The van der Waals surface area contributed by atoms with Crippen LogP contribution in [0.4, 0.5) is 10.5 Å². The number of likely N-dealkylation sites (tertiary alicyclic amines) is 1. The molecule has 13 nitrogen and oxygen atoms in total. The zero-order chi connectivity index (χ0) is 38.5. The van der Waals surface area contributed by atoms with E-state index in [1.165, 1.54) is 22.4 Å². The van der Waals surface area contributed by atoms with E-state index in [-0.39, 0.29) is 41.8 Å². The maximum absolute atomic E-state index is 14.7. The van der Waals surface area contributed by atoms with Crippen LogP contribution in [0.2, 0.25) is 5.02 Å². The first-order chi connectivity index (χ1) is 26.4. The first-order valence-corrected chi connectivity index (χ1v) is 21.3. The second kappa shape index (κ2) is 14.8. The molecule has 5 aliphatic rings. The summed E-state index contributed by atoms with van der Waals surface area (Å²) in [6.07, 6.45) is 11.2. The Labute approximate surface area is 328 Å². The Morgan fingerprint density at radius 3 is 2.69 bits per heavy atom. The summed E-state index contributed by atoms with van der Waals surface area (Å²) in [6.45, 7) is 4.26. The van der Waals surface area contributed by atoms with E-state index in [1.807, 2.05) is 25.1 Å². The molecule has 4 heterocycles. The minimum atomic E-state index is -3.58. The predicted molar refractivity (Wildman–Crippen MR) is 210 cm³/mol. The van der Waals surface area contributed by atoms with Crippen molar-refractivity contribution in [1.29, 1.82) is 0 Å². The van der Waals surface area contributed by atoms with Crippen LogP contribution in [0.5, 0.6) is 5.75 Å². The molecule has 3 aromatic rings. The average Bonchev–Trinajstić information content (AvgIpc) is 3.49. The molecule has 1 saturated carbocycles. The van der Waals surface area contributed by atoms with E-state index in [0.29, 0.717) is 43.0 Å². The van der Waals surface area contributed by atoms with Gasteiger partial charge >= 0.3 is 6.03 Å². The average molecular weight is 792 g/mol. The Hall–Kier alpha value is -3.98. The van der Waals surface area contributed by atoms with E-state index in [0.717, 1.165) is 49.4 Å². The van der Waals surface area contributed by atoms with Gasteiger partial charge in [-0.25, -0.2) is 14.0 Å². The van der Waals surface area contributed by atoms with Crippen LogP contribution in [0.1, 0.15) is 66.3 Å². The third-order valence-corrected chi connectivity index (χ3v) is 14.7. The summed E-state index contributed by atoms with van der Waals surface area (Å²) in [6, 6.07) is 11.0. The van der Waals surface area contributed by atoms with Crippen LogP contribution in [0, 0.1) is 17.8 Å². The molecule has 1 aromatic heterocycles. The van der Waals surface area contributed by atoms with Gasteiger partial charge < -0.3 is 24.0 Å². The van der Waals surface area contributed by atoms with E-state index >= 15 is 0 Å². The van der Waals surface area contributed by atoms with Crippen LogP contribution in [0.15, 0.2) is 59.2 Å². The lowest BCUT2D eigenvalue weighted by atomic mass is 9.68. The highest BCUT2D eigenvalue weighted by Crippen LogP contribution is 2.47. The van der Waals surface area contributed by atoms with Gasteiger partial charge in [0.25, 0.3) is 5.91 Å². The zero-order valence-electron chi connectivity index (χ0n) is 31.9. The minimum Gasteiger partial charge on any atom is -0.490 e. The molecule has 2 aliphatic carbocycles. The van der Waals surface area contributed by atoms with Gasteiger partial charge in [0.2, 0.25) is 0 Å². The van der Waals surface area contributed by atoms with Gasteiger partial charge in [0.05, 0.1) is 37.2 Å². The van der Waals surface area contributed by atoms with Crippen LogP contribution in [0.25, 0.3) is 0 Å². The third kappa shape index (κ3) is 7.15. The van der Waals surface area contributed by atoms with Gasteiger partial charge in [-0.3, -0.25) is 14.2 Å². The van der Waals surface area contributed by atoms with Crippen molar-refractivity contribution in [3.63, 3.8) is 0 Å². The maximum Gasteiger partial charge on any atom is 0.330 e. The number of urea groups is 1. The van der Waals surface area contributed by atoms with Crippen molar-refractivity contribution >= 4 is 39.1 Å². The molecule has 2 fully saturated rings. The van der Waals surface area contributed by atoms with Gasteiger partial charge in [-0.2, -0.15) is 5.10 Å². The fourth-order valence-electron chi connectivity index (χ4n) is 9.35. The van der Waals surface area contributed by atoms with Gasteiger partial charge in [0, 0.05) is 50.4 Å². The van der Waals surface area contributed by atoms with E-state index in [2.05, 4.69) is 48.4 Å². The zero-order valence-corrected chi connectivity index (χ0v) is 33.5. The summed E-state index contributed by atoms with van der Waals surface area (Å²) in [7, 11) is 1.50. The molecule has 2 aromatic carbocycles. The number of nitrogens with zero attached hydrogens (tertiary/aromatic N) is 6. The van der Waals surface area contributed by atoms with Crippen LogP contribution in [-0.4, -0.2) is 94.7 Å². The summed E-state index contributed by atoms with van der Waals surface area (Å²) in [5.41, 5.74) is 2.50. The quantitative estimate of drug-likeness (QED) is 0.331.